The molecule has 3 N–H and O–H groups in total. The molecule has 154 valence electrons. The third kappa shape index (κ3) is 7.97. The summed E-state index contributed by atoms with van der Waals surface area (Å²) < 4.78 is 0. The van der Waals surface area contributed by atoms with Crippen LogP contribution in [0.2, 0.25) is 0 Å². The average Bonchev–Trinajstić information content (AvgIpc) is 2.86. The lowest BCUT2D eigenvalue weighted by Crippen LogP contribution is -2.28. The van der Waals surface area contributed by atoms with Crippen molar-refractivity contribution in [2.24, 2.45) is 17.3 Å². The number of unbranched alkanes of at least 4 members (excludes halogenated alkanes) is 2. The minimum atomic E-state index is -0.800. The first-order chi connectivity index (χ1) is 12.7. The number of hydrogen-bond acceptors (Lipinski definition) is 4. The first kappa shape index (κ1) is 23.6. The minimum absolute atomic E-state index is 0.0154. The van der Waals surface area contributed by atoms with Crippen LogP contribution in [-0.2, 0) is 9.59 Å². The van der Waals surface area contributed by atoms with Crippen molar-refractivity contribution < 1.29 is 24.9 Å². The summed E-state index contributed by atoms with van der Waals surface area (Å²) in [5.41, 5.74) is -0.244. The Labute approximate surface area is 163 Å². The van der Waals surface area contributed by atoms with Gasteiger partial charge in [0.15, 0.2) is 0 Å². The lowest BCUT2D eigenvalue weighted by molar-refractivity contribution is -0.137. The Hall–Kier alpha value is -1.46. The predicted octanol–water partition coefficient (Wildman–Crippen LogP) is 3.89. The molecule has 5 nitrogen and oxygen atoms in total. The van der Waals surface area contributed by atoms with Crippen LogP contribution in [-0.4, -0.2) is 39.3 Å². The van der Waals surface area contributed by atoms with Gasteiger partial charge in [0.2, 0.25) is 0 Å². The quantitative estimate of drug-likeness (QED) is 0.353. The number of carboxylic acids is 1. The number of carbonyl (C=O) groups is 2. The van der Waals surface area contributed by atoms with E-state index in [1.165, 1.54) is 0 Å². The summed E-state index contributed by atoms with van der Waals surface area (Å²) in [7, 11) is 0. The molecule has 0 radical (unpaired) electrons. The van der Waals surface area contributed by atoms with E-state index >= 15 is 0 Å². The van der Waals surface area contributed by atoms with Crippen molar-refractivity contribution in [1.29, 1.82) is 0 Å². The maximum Gasteiger partial charge on any atom is 0.303 e. The zero-order chi connectivity index (χ0) is 20.4. The topological polar surface area (TPSA) is 94.8 Å². The summed E-state index contributed by atoms with van der Waals surface area (Å²) in [4.78, 5) is 22.8. The predicted molar refractivity (Wildman–Crippen MR) is 106 cm³/mol. The van der Waals surface area contributed by atoms with Crippen molar-refractivity contribution in [3.05, 3.63) is 24.3 Å². The maximum atomic E-state index is 12.3. The number of carbonyl (C=O) groups excluding carboxylic acids is 1. The van der Waals surface area contributed by atoms with Gasteiger partial charge in [0.25, 0.3) is 0 Å². The van der Waals surface area contributed by atoms with E-state index in [1.807, 2.05) is 26.0 Å². The molecule has 1 unspecified atom stereocenters. The number of Topliss-reactive ketones (excluding diaryl/α,β-unsaturated/α-hetero) is 1. The smallest absolute Gasteiger partial charge is 0.303 e. The van der Waals surface area contributed by atoms with Crippen LogP contribution in [0.25, 0.3) is 0 Å². The Morgan fingerprint density at radius 2 is 2.00 bits per heavy atom. The number of hydrogen-bond donors (Lipinski definition) is 3. The van der Waals surface area contributed by atoms with Gasteiger partial charge in [-0.1, -0.05) is 57.9 Å². The van der Waals surface area contributed by atoms with E-state index in [2.05, 4.69) is 6.92 Å². The highest BCUT2D eigenvalue weighted by Gasteiger charge is 2.39. The molecule has 0 amide bonds. The fourth-order valence-electron chi connectivity index (χ4n) is 3.53. The summed E-state index contributed by atoms with van der Waals surface area (Å²) in [5.74, 6) is -1.34. The van der Waals surface area contributed by atoms with Crippen molar-refractivity contribution >= 4 is 11.8 Å². The summed E-state index contributed by atoms with van der Waals surface area (Å²) in [5, 5.41) is 29.3. The summed E-state index contributed by atoms with van der Waals surface area (Å²) in [6.07, 6.45) is 11.2. The van der Waals surface area contributed by atoms with Crippen molar-refractivity contribution in [2.75, 3.05) is 0 Å². The Morgan fingerprint density at radius 1 is 1.30 bits per heavy atom. The number of ketones is 1. The van der Waals surface area contributed by atoms with Crippen molar-refractivity contribution in [3.63, 3.8) is 0 Å². The average molecular weight is 381 g/mol. The van der Waals surface area contributed by atoms with Gasteiger partial charge in [-0.3, -0.25) is 9.59 Å². The molecule has 0 aromatic carbocycles. The molecule has 0 aromatic rings. The number of aliphatic carboxylic acids is 1. The van der Waals surface area contributed by atoms with Crippen molar-refractivity contribution in [1.82, 2.24) is 0 Å². The minimum Gasteiger partial charge on any atom is -0.481 e. The van der Waals surface area contributed by atoms with Crippen molar-refractivity contribution in [2.45, 2.75) is 84.3 Å². The number of aliphatic hydroxyl groups is 2. The molecule has 0 saturated heterocycles. The molecular weight excluding hydrogens is 344 g/mol. The molecule has 27 heavy (non-hydrogen) atoms. The molecule has 5 heteroatoms. The number of rotatable bonds is 12. The largest absolute Gasteiger partial charge is 0.481 e. The van der Waals surface area contributed by atoms with E-state index in [1.54, 1.807) is 12.2 Å². The fraction of sp³-hybridized carbons (Fsp3) is 0.727. The van der Waals surface area contributed by atoms with E-state index in [0.717, 1.165) is 19.3 Å². The lowest BCUT2D eigenvalue weighted by atomic mass is 9.80. The normalized spacial score (nSPS) is 24.9. The van der Waals surface area contributed by atoms with E-state index in [4.69, 9.17) is 5.11 Å². The molecule has 0 aliphatic heterocycles. The van der Waals surface area contributed by atoms with Gasteiger partial charge in [0.1, 0.15) is 5.78 Å². The lowest BCUT2D eigenvalue weighted by Gasteiger charge is -2.29. The second-order valence-electron chi connectivity index (χ2n) is 8.34. The monoisotopic (exact) mass is 380 g/mol. The van der Waals surface area contributed by atoms with Crippen LogP contribution >= 0.6 is 0 Å². The third-order valence-electron chi connectivity index (χ3n) is 5.55. The first-order valence-electron chi connectivity index (χ1n) is 10.1. The number of allylic oxidation sites excluding steroid dienone is 3. The standard InChI is InChI=1S/C22H36O5/c1-4-5-14-22(2,3)20(25)13-12-17-16(18(23)15-19(17)24)10-8-6-7-9-11-21(26)27/h6,8,12-13,16-18,20,23,25H,4-5,7,9-11,14-15H2,1-3H3,(H,26,27)/b8-6-,13-12+/t16-,17?,18+,20-/m1/s1. The zero-order valence-electron chi connectivity index (χ0n) is 16.9. The Bertz CT molecular complexity index is 535. The van der Waals surface area contributed by atoms with Crippen LogP contribution < -0.4 is 0 Å². The van der Waals surface area contributed by atoms with Crippen LogP contribution in [0, 0.1) is 17.3 Å². The first-order valence-corrected chi connectivity index (χ1v) is 10.1. The molecule has 0 aromatic heterocycles. The highest BCUT2D eigenvalue weighted by Crippen LogP contribution is 2.35. The summed E-state index contributed by atoms with van der Waals surface area (Å²) in [6, 6.07) is 0. The zero-order valence-corrected chi connectivity index (χ0v) is 16.9. The maximum absolute atomic E-state index is 12.3. The molecule has 1 aliphatic rings. The Morgan fingerprint density at radius 3 is 2.63 bits per heavy atom. The van der Waals surface area contributed by atoms with Gasteiger partial charge in [-0.05, 0) is 31.1 Å². The van der Waals surface area contributed by atoms with Crippen LogP contribution in [0.3, 0.4) is 0 Å². The second kappa shape index (κ2) is 11.4. The SMILES string of the molecule is CCCCC(C)(C)[C@H](O)/C=C/C1C(=O)C[C@H](O)[C@@H]1C/C=C\CCCC(=O)O. The van der Waals surface area contributed by atoms with E-state index in [0.29, 0.717) is 19.3 Å². The van der Waals surface area contributed by atoms with Crippen LogP contribution in [0.5, 0.6) is 0 Å². The molecule has 0 spiro atoms. The molecule has 0 heterocycles. The van der Waals surface area contributed by atoms with Gasteiger partial charge in [-0.15, -0.1) is 0 Å². The highest BCUT2D eigenvalue weighted by atomic mass is 16.4. The number of carboxylic acid groups (broad SMARTS) is 1. The van der Waals surface area contributed by atoms with Gasteiger partial charge in [-0.2, -0.15) is 0 Å². The Balaban J connectivity index is 2.63. The molecule has 1 fully saturated rings. The van der Waals surface area contributed by atoms with Gasteiger partial charge in [0, 0.05) is 24.7 Å². The van der Waals surface area contributed by atoms with Crippen molar-refractivity contribution in [3.8, 4) is 0 Å². The van der Waals surface area contributed by atoms with E-state index in [-0.39, 0.29) is 35.9 Å². The Kier molecular flexibility index (Phi) is 9.95. The van der Waals surface area contributed by atoms with Crippen LogP contribution in [0.4, 0.5) is 0 Å². The number of aliphatic hydroxyl groups excluding tert-OH is 2. The molecule has 1 saturated carbocycles. The molecule has 0 bridgehead atoms. The van der Waals surface area contributed by atoms with Gasteiger partial charge in [0.05, 0.1) is 12.2 Å². The summed E-state index contributed by atoms with van der Waals surface area (Å²) >= 11 is 0. The third-order valence-corrected chi connectivity index (χ3v) is 5.55. The summed E-state index contributed by atoms with van der Waals surface area (Å²) in [6.45, 7) is 6.18. The molecule has 4 atom stereocenters. The fourth-order valence-corrected chi connectivity index (χ4v) is 3.53. The molecule has 1 aliphatic carbocycles. The second-order valence-corrected chi connectivity index (χ2v) is 8.34. The molecule has 1 rings (SSSR count). The van der Waals surface area contributed by atoms with Crippen LogP contribution in [0.15, 0.2) is 24.3 Å². The van der Waals surface area contributed by atoms with Gasteiger partial charge < -0.3 is 15.3 Å². The highest BCUT2D eigenvalue weighted by molar-refractivity contribution is 5.86. The van der Waals surface area contributed by atoms with Gasteiger partial charge in [-0.25, -0.2) is 0 Å². The van der Waals surface area contributed by atoms with E-state index in [9.17, 15) is 19.8 Å². The van der Waals surface area contributed by atoms with Crippen LogP contribution in [0.1, 0.15) is 72.1 Å². The van der Waals surface area contributed by atoms with E-state index < -0.39 is 18.2 Å². The molecular formula is C22H36O5. The van der Waals surface area contributed by atoms with Gasteiger partial charge >= 0.3 is 5.97 Å².